The molecule has 1 aromatic carbocycles. The highest BCUT2D eigenvalue weighted by molar-refractivity contribution is 6.30. The molecule has 0 radical (unpaired) electrons. The van der Waals surface area contributed by atoms with Gasteiger partial charge in [0.25, 0.3) is 0 Å². The summed E-state index contributed by atoms with van der Waals surface area (Å²) in [4.78, 5) is 11.7. The van der Waals surface area contributed by atoms with E-state index in [2.05, 4.69) is 10.6 Å². The van der Waals surface area contributed by atoms with Crippen LogP contribution in [-0.2, 0) is 0 Å². The summed E-state index contributed by atoms with van der Waals surface area (Å²) in [5, 5.41) is 6.11. The van der Waals surface area contributed by atoms with Crippen molar-refractivity contribution in [3.63, 3.8) is 0 Å². The molecule has 2 amide bonds. The van der Waals surface area contributed by atoms with Gasteiger partial charge in [0.2, 0.25) is 0 Å². The Bertz CT molecular complexity index is 508. The van der Waals surface area contributed by atoms with Gasteiger partial charge in [-0.3, -0.25) is 0 Å². The fourth-order valence-electron chi connectivity index (χ4n) is 1.51. The standard InChI is InChI=1S/C13H13ClN2O2/c1-9(12-3-2-8-18-12)15-13(17)16-11-6-4-10(14)5-7-11/h2-9H,1H3,(H2,15,16,17). The average Bonchev–Trinajstić information content (AvgIpc) is 2.85. The molecule has 0 spiro atoms. The molecule has 0 aliphatic rings. The van der Waals surface area contributed by atoms with Gasteiger partial charge in [-0.05, 0) is 43.3 Å². The molecule has 0 saturated heterocycles. The number of anilines is 1. The zero-order valence-electron chi connectivity index (χ0n) is 9.81. The van der Waals surface area contributed by atoms with E-state index in [4.69, 9.17) is 16.0 Å². The highest BCUT2D eigenvalue weighted by atomic mass is 35.5. The molecule has 0 saturated carbocycles. The smallest absolute Gasteiger partial charge is 0.319 e. The summed E-state index contributed by atoms with van der Waals surface area (Å²) in [5.74, 6) is 0.709. The maximum atomic E-state index is 11.7. The second-order valence-electron chi connectivity index (χ2n) is 3.84. The molecule has 18 heavy (non-hydrogen) atoms. The van der Waals surface area contributed by atoms with Gasteiger partial charge in [0.1, 0.15) is 5.76 Å². The lowest BCUT2D eigenvalue weighted by molar-refractivity contribution is 0.247. The molecular formula is C13H13ClN2O2. The number of furan rings is 1. The van der Waals surface area contributed by atoms with Crippen LogP contribution in [0.25, 0.3) is 0 Å². The van der Waals surface area contributed by atoms with Crippen LogP contribution in [0.1, 0.15) is 18.7 Å². The molecule has 4 nitrogen and oxygen atoms in total. The maximum Gasteiger partial charge on any atom is 0.319 e. The number of amides is 2. The van der Waals surface area contributed by atoms with E-state index in [9.17, 15) is 4.79 Å². The third-order valence-electron chi connectivity index (χ3n) is 2.42. The summed E-state index contributed by atoms with van der Waals surface area (Å²) in [7, 11) is 0. The summed E-state index contributed by atoms with van der Waals surface area (Å²) in [6.07, 6.45) is 1.57. The van der Waals surface area contributed by atoms with Gasteiger partial charge in [0.05, 0.1) is 12.3 Å². The summed E-state index contributed by atoms with van der Waals surface area (Å²) in [6, 6.07) is 10.0. The first kappa shape index (κ1) is 12.5. The van der Waals surface area contributed by atoms with Crippen molar-refractivity contribution in [3.05, 3.63) is 53.4 Å². The number of halogens is 1. The van der Waals surface area contributed by atoms with Gasteiger partial charge in [0, 0.05) is 10.7 Å². The Morgan fingerprint density at radius 3 is 2.61 bits per heavy atom. The first-order valence-corrected chi connectivity index (χ1v) is 5.89. The summed E-state index contributed by atoms with van der Waals surface area (Å²) < 4.78 is 5.20. The van der Waals surface area contributed by atoms with Crippen molar-refractivity contribution in [2.75, 3.05) is 5.32 Å². The van der Waals surface area contributed by atoms with E-state index in [-0.39, 0.29) is 12.1 Å². The molecule has 2 rings (SSSR count). The predicted octanol–water partition coefficient (Wildman–Crippen LogP) is 3.82. The van der Waals surface area contributed by atoms with Crippen LogP contribution >= 0.6 is 11.6 Å². The Balaban J connectivity index is 1.91. The Kier molecular flexibility index (Phi) is 3.89. The molecule has 2 aromatic rings. The minimum atomic E-state index is -0.291. The van der Waals surface area contributed by atoms with Crippen molar-refractivity contribution in [3.8, 4) is 0 Å². The van der Waals surface area contributed by atoms with E-state index in [0.29, 0.717) is 16.5 Å². The Hall–Kier alpha value is -1.94. The van der Waals surface area contributed by atoms with Gasteiger partial charge < -0.3 is 15.1 Å². The van der Waals surface area contributed by atoms with Gasteiger partial charge >= 0.3 is 6.03 Å². The van der Waals surface area contributed by atoms with Crippen molar-refractivity contribution < 1.29 is 9.21 Å². The van der Waals surface area contributed by atoms with E-state index in [1.807, 2.05) is 13.0 Å². The molecule has 94 valence electrons. The van der Waals surface area contributed by atoms with Gasteiger partial charge in [-0.2, -0.15) is 0 Å². The molecule has 0 fully saturated rings. The third kappa shape index (κ3) is 3.28. The number of urea groups is 1. The molecular weight excluding hydrogens is 252 g/mol. The van der Waals surface area contributed by atoms with Crippen LogP contribution in [0.3, 0.4) is 0 Å². The highest BCUT2D eigenvalue weighted by Crippen LogP contribution is 2.15. The fourth-order valence-corrected chi connectivity index (χ4v) is 1.63. The van der Waals surface area contributed by atoms with E-state index in [0.717, 1.165) is 0 Å². The van der Waals surface area contributed by atoms with E-state index in [1.165, 1.54) is 0 Å². The second-order valence-corrected chi connectivity index (χ2v) is 4.28. The number of carbonyl (C=O) groups is 1. The van der Waals surface area contributed by atoms with E-state index < -0.39 is 0 Å². The molecule has 1 unspecified atom stereocenters. The largest absolute Gasteiger partial charge is 0.467 e. The second kappa shape index (κ2) is 5.60. The molecule has 2 N–H and O–H groups in total. The number of hydrogen-bond donors (Lipinski definition) is 2. The lowest BCUT2D eigenvalue weighted by Gasteiger charge is -2.12. The van der Waals surface area contributed by atoms with Gasteiger partial charge in [-0.1, -0.05) is 11.6 Å². The van der Waals surface area contributed by atoms with Crippen molar-refractivity contribution in [2.45, 2.75) is 13.0 Å². The lowest BCUT2D eigenvalue weighted by Crippen LogP contribution is -2.30. The summed E-state index contributed by atoms with van der Waals surface area (Å²) >= 11 is 5.76. The van der Waals surface area contributed by atoms with Crippen molar-refractivity contribution in [2.24, 2.45) is 0 Å². The van der Waals surface area contributed by atoms with Gasteiger partial charge in [-0.15, -0.1) is 0 Å². The monoisotopic (exact) mass is 264 g/mol. The Morgan fingerprint density at radius 2 is 2.00 bits per heavy atom. The average molecular weight is 265 g/mol. The molecule has 0 aliphatic carbocycles. The number of rotatable bonds is 3. The summed E-state index contributed by atoms with van der Waals surface area (Å²) in [5.41, 5.74) is 0.684. The van der Waals surface area contributed by atoms with Crippen LogP contribution in [0.4, 0.5) is 10.5 Å². The van der Waals surface area contributed by atoms with E-state index >= 15 is 0 Å². The van der Waals surface area contributed by atoms with Crippen LogP contribution in [0, 0.1) is 0 Å². The fraction of sp³-hybridized carbons (Fsp3) is 0.154. The zero-order chi connectivity index (χ0) is 13.0. The molecule has 1 atom stereocenters. The Morgan fingerprint density at radius 1 is 1.28 bits per heavy atom. The van der Waals surface area contributed by atoms with Crippen LogP contribution in [0.15, 0.2) is 47.1 Å². The molecule has 5 heteroatoms. The number of nitrogens with one attached hydrogen (secondary N) is 2. The maximum absolute atomic E-state index is 11.7. The first-order chi connectivity index (χ1) is 8.65. The summed E-state index contributed by atoms with van der Waals surface area (Å²) in [6.45, 7) is 1.85. The normalized spacial score (nSPS) is 11.9. The topological polar surface area (TPSA) is 54.3 Å². The number of carbonyl (C=O) groups excluding carboxylic acids is 1. The molecule has 0 bridgehead atoms. The van der Waals surface area contributed by atoms with E-state index in [1.54, 1.807) is 36.6 Å². The molecule has 0 aliphatic heterocycles. The number of hydrogen-bond acceptors (Lipinski definition) is 2. The van der Waals surface area contributed by atoms with Crippen LogP contribution in [0.5, 0.6) is 0 Å². The first-order valence-electron chi connectivity index (χ1n) is 5.51. The van der Waals surface area contributed by atoms with Crippen LogP contribution in [-0.4, -0.2) is 6.03 Å². The minimum Gasteiger partial charge on any atom is -0.467 e. The van der Waals surface area contributed by atoms with Crippen LogP contribution < -0.4 is 10.6 Å². The van der Waals surface area contributed by atoms with Gasteiger partial charge in [-0.25, -0.2) is 4.79 Å². The van der Waals surface area contributed by atoms with Crippen molar-refractivity contribution in [1.29, 1.82) is 0 Å². The molecule has 1 heterocycles. The zero-order valence-corrected chi connectivity index (χ0v) is 10.6. The predicted molar refractivity (Wildman–Crippen MR) is 70.7 cm³/mol. The number of benzene rings is 1. The Labute approximate surface area is 110 Å². The minimum absolute atomic E-state index is 0.188. The van der Waals surface area contributed by atoms with Crippen molar-refractivity contribution in [1.82, 2.24) is 5.32 Å². The van der Waals surface area contributed by atoms with Crippen molar-refractivity contribution >= 4 is 23.3 Å². The third-order valence-corrected chi connectivity index (χ3v) is 2.67. The quantitative estimate of drug-likeness (QED) is 0.886. The van der Waals surface area contributed by atoms with Crippen LogP contribution in [0.2, 0.25) is 5.02 Å². The highest BCUT2D eigenvalue weighted by Gasteiger charge is 2.11. The molecule has 1 aromatic heterocycles. The SMILES string of the molecule is CC(NC(=O)Nc1ccc(Cl)cc1)c1ccco1. The van der Waals surface area contributed by atoms with Gasteiger partial charge in [0.15, 0.2) is 0 Å². The lowest BCUT2D eigenvalue weighted by atomic mass is 10.2.